The molecule has 2 rings (SSSR count). The van der Waals surface area contributed by atoms with E-state index in [2.05, 4.69) is 48.3 Å². The molecule has 1 aromatic rings. The van der Waals surface area contributed by atoms with E-state index in [1.807, 2.05) is 0 Å². The molecule has 1 atom stereocenters. The maximum atomic E-state index is 3.45. The van der Waals surface area contributed by atoms with Crippen molar-refractivity contribution in [1.29, 1.82) is 0 Å². The molecule has 0 saturated carbocycles. The minimum Gasteiger partial charge on any atom is -0.369 e. The summed E-state index contributed by atoms with van der Waals surface area (Å²) in [5.74, 6) is 0. The first kappa shape index (κ1) is 13.4. The molecule has 0 radical (unpaired) electrons. The van der Waals surface area contributed by atoms with Gasteiger partial charge in [-0.25, -0.2) is 0 Å². The number of hydrogen-bond donors (Lipinski definition) is 1. The third-order valence-electron chi connectivity index (χ3n) is 3.83. The smallest absolute Gasteiger partial charge is 0.0368 e. The first-order valence-corrected chi connectivity index (χ1v) is 7.37. The summed E-state index contributed by atoms with van der Waals surface area (Å²) < 4.78 is 0. The molecule has 2 nitrogen and oxygen atoms in total. The molecule has 0 spiro atoms. The van der Waals surface area contributed by atoms with Crippen LogP contribution < -0.4 is 10.2 Å². The van der Waals surface area contributed by atoms with Crippen LogP contribution in [0.1, 0.15) is 45.1 Å². The van der Waals surface area contributed by atoms with Gasteiger partial charge in [0.1, 0.15) is 0 Å². The van der Waals surface area contributed by atoms with Crippen LogP contribution in [0.25, 0.3) is 0 Å². The van der Waals surface area contributed by atoms with Crippen LogP contribution >= 0.6 is 0 Å². The Labute approximate surface area is 111 Å². The van der Waals surface area contributed by atoms with Crippen molar-refractivity contribution in [2.24, 2.45) is 0 Å². The Morgan fingerprint density at radius 2 is 2.00 bits per heavy atom. The van der Waals surface area contributed by atoms with Gasteiger partial charge in [0.05, 0.1) is 0 Å². The second kappa shape index (κ2) is 6.79. The Kier molecular flexibility index (Phi) is 5.06. The zero-order valence-corrected chi connectivity index (χ0v) is 11.8. The lowest BCUT2D eigenvalue weighted by molar-refractivity contribution is 0.485. The SMILES string of the molecule is CCCNCc1ccc(N2CCCCC2C)cc1. The van der Waals surface area contributed by atoms with Crippen molar-refractivity contribution in [1.82, 2.24) is 5.32 Å². The van der Waals surface area contributed by atoms with E-state index < -0.39 is 0 Å². The molecule has 0 amide bonds. The van der Waals surface area contributed by atoms with Crippen molar-refractivity contribution in [3.8, 4) is 0 Å². The molecule has 1 aliphatic rings. The van der Waals surface area contributed by atoms with E-state index in [4.69, 9.17) is 0 Å². The topological polar surface area (TPSA) is 15.3 Å². The molecular formula is C16H26N2. The average Bonchev–Trinajstić information content (AvgIpc) is 2.41. The Balaban J connectivity index is 1.94. The summed E-state index contributed by atoms with van der Waals surface area (Å²) in [4.78, 5) is 2.55. The highest BCUT2D eigenvalue weighted by atomic mass is 15.2. The molecule has 1 aromatic carbocycles. The van der Waals surface area contributed by atoms with Crippen LogP contribution in [0.4, 0.5) is 5.69 Å². The number of hydrogen-bond acceptors (Lipinski definition) is 2. The molecule has 1 unspecified atom stereocenters. The van der Waals surface area contributed by atoms with Gasteiger partial charge in [0, 0.05) is 24.8 Å². The minimum atomic E-state index is 0.697. The highest BCUT2D eigenvalue weighted by Gasteiger charge is 2.17. The molecule has 18 heavy (non-hydrogen) atoms. The lowest BCUT2D eigenvalue weighted by Gasteiger charge is -2.35. The number of rotatable bonds is 5. The lowest BCUT2D eigenvalue weighted by atomic mass is 10.0. The van der Waals surface area contributed by atoms with Gasteiger partial charge >= 0.3 is 0 Å². The zero-order valence-electron chi connectivity index (χ0n) is 11.8. The van der Waals surface area contributed by atoms with Gasteiger partial charge in [-0.3, -0.25) is 0 Å². The molecule has 1 N–H and O–H groups in total. The van der Waals surface area contributed by atoms with Gasteiger partial charge in [-0.05, 0) is 56.8 Å². The molecule has 1 saturated heterocycles. The fourth-order valence-corrected chi connectivity index (χ4v) is 2.70. The van der Waals surface area contributed by atoms with E-state index in [9.17, 15) is 0 Å². The maximum absolute atomic E-state index is 3.45. The third-order valence-corrected chi connectivity index (χ3v) is 3.83. The quantitative estimate of drug-likeness (QED) is 0.799. The summed E-state index contributed by atoms with van der Waals surface area (Å²) in [6.45, 7) is 7.85. The van der Waals surface area contributed by atoms with Crippen molar-refractivity contribution < 1.29 is 0 Å². The molecule has 0 aliphatic carbocycles. The number of anilines is 1. The summed E-state index contributed by atoms with van der Waals surface area (Å²) in [5.41, 5.74) is 2.78. The molecule has 1 aliphatic heterocycles. The van der Waals surface area contributed by atoms with E-state index in [-0.39, 0.29) is 0 Å². The fraction of sp³-hybridized carbons (Fsp3) is 0.625. The van der Waals surface area contributed by atoms with E-state index in [1.54, 1.807) is 0 Å². The predicted octanol–water partition coefficient (Wildman–Crippen LogP) is 3.57. The first-order chi connectivity index (χ1) is 8.81. The highest BCUT2D eigenvalue weighted by molar-refractivity contribution is 5.48. The van der Waals surface area contributed by atoms with Crippen LogP contribution in [0, 0.1) is 0 Å². The Bertz CT molecular complexity index is 345. The molecule has 100 valence electrons. The van der Waals surface area contributed by atoms with Gasteiger partial charge in [0.25, 0.3) is 0 Å². The second-order valence-corrected chi connectivity index (χ2v) is 5.38. The standard InChI is InChI=1S/C16H26N2/c1-3-11-17-13-15-7-9-16(10-8-15)18-12-5-4-6-14(18)2/h7-10,14,17H,3-6,11-13H2,1-2H3. The maximum Gasteiger partial charge on any atom is 0.0368 e. The van der Waals surface area contributed by atoms with Gasteiger partial charge in [-0.1, -0.05) is 19.1 Å². The Morgan fingerprint density at radius 1 is 1.22 bits per heavy atom. The van der Waals surface area contributed by atoms with Crippen LogP contribution in [0.3, 0.4) is 0 Å². The minimum absolute atomic E-state index is 0.697. The van der Waals surface area contributed by atoms with E-state index in [0.717, 1.165) is 13.1 Å². The third kappa shape index (κ3) is 3.49. The predicted molar refractivity (Wildman–Crippen MR) is 79.1 cm³/mol. The largest absolute Gasteiger partial charge is 0.369 e. The van der Waals surface area contributed by atoms with Gasteiger partial charge < -0.3 is 10.2 Å². The van der Waals surface area contributed by atoms with Crippen LogP contribution in [-0.2, 0) is 6.54 Å². The monoisotopic (exact) mass is 246 g/mol. The van der Waals surface area contributed by atoms with Gasteiger partial charge in [0.15, 0.2) is 0 Å². The molecule has 1 fully saturated rings. The number of nitrogens with zero attached hydrogens (tertiary/aromatic N) is 1. The summed E-state index contributed by atoms with van der Waals surface area (Å²) >= 11 is 0. The summed E-state index contributed by atoms with van der Waals surface area (Å²) in [6.07, 6.45) is 5.25. The molecule has 0 bridgehead atoms. The average molecular weight is 246 g/mol. The van der Waals surface area contributed by atoms with E-state index in [0.29, 0.717) is 6.04 Å². The van der Waals surface area contributed by atoms with Crippen molar-refractivity contribution in [2.75, 3.05) is 18.0 Å². The lowest BCUT2D eigenvalue weighted by Crippen LogP contribution is -2.37. The molecular weight excluding hydrogens is 220 g/mol. The Hall–Kier alpha value is -1.02. The van der Waals surface area contributed by atoms with E-state index in [1.165, 1.54) is 43.5 Å². The van der Waals surface area contributed by atoms with Gasteiger partial charge in [-0.2, -0.15) is 0 Å². The van der Waals surface area contributed by atoms with Crippen LogP contribution in [0.15, 0.2) is 24.3 Å². The van der Waals surface area contributed by atoms with Crippen molar-refractivity contribution in [3.63, 3.8) is 0 Å². The molecule has 2 heteroatoms. The number of piperidine rings is 1. The zero-order chi connectivity index (χ0) is 12.8. The van der Waals surface area contributed by atoms with E-state index >= 15 is 0 Å². The van der Waals surface area contributed by atoms with Gasteiger partial charge in [-0.15, -0.1) is 0 Å². The highest BCUT2D eigenvalue weighted by Crippen LogP contribution is 2.24. The summed E-state index contributed by atoms with van der Waals surface area (Å²) in [6, 6.07) is 9.79. The molecule has 1 heterocycles. The fourth-order valence-electron chi connectivity index (χ4n) is 2.70. The summed E-state index contributed by atoms with van der Waals surface area (Å²) in [7, 11) is 0. The van der Waals surface area contributed by atoms with Gasteiger partial charge in [0.2, 0.25) is 0 Å². The number of benzene rings is 1. The van der Waals surface area contributed by atoms with Crippen LogP contribution in [0.2, 0.25) is 0 Å². The normalized spacial score (nSPS) is 20.1. The summed E-state index contributed by atoms with van der Waals surface area (Å²) in [5, 5.41) is 3.45. The van der Waals surface area contributed by atoms with Crippen LogP contribution in [0.5, 0.6) is 0 Å². The van der Waals surface area contributed by atoms with Crippen molar-refractivity contribution in [3.05, 3.63) is 29.8 Å². The second-order valence-electron chi connectivity index (χ2n) is 5.38. The van der Waals surface area contributed by atoms with Crippen molar-refractivity contribution in [2.45, 2.75) is 52.1 Å². The first-order valence-electron chi connectivity index (χ1n) is 7.37. The number of nitrogens with one attached hydrogen (secondary N) is 1. The molecule has 0 aromatic heterocycles. The van der Waals surface area contributed by atoms with Crippen molar-refractivity contribution >= 4 is 5.69 Å². The van der Waals surface area contributed by atoms with Crippen LogP contribution in [-0.4, -0.2) is 19.1 Å². The Morgan fingerprint density at radius 3 is 2.67 bits per heavy atom.